The van der Waals surface area contributed by atoms with E-state index >= 15 is 0 Å². The average molecular weight is 459 g/mol. The fourth-order valence-electron chi connectivity index (χ4n) is 3.54. The van der Waals surface area contributed by atoms with Crippen molar-refractivity contribution in [2.45, 2.75) is 18.4 Å². The van der Waals surface area contributed by atoms with Gasteiger partial charge in [-0.25, -0.2) is 9.38 Å². The Kier molecular flexibility index (Phi) is 7.90. The van der Waals surface area contributed by atoms with Crippen LogP contribution in [0.4, 0.5) is 15.8 Å². The minimum Gasteiger partial charge on any atom is -0.489 e. The molecule has 1 fully saturated rings. The zero-order valence-corrected chi connectivity index (χ0v) is 18.2. The molecule has 2 aromatic rings. The third-order valence-corrected chi connectivity index (χ3v) is 5.24. The third kappa shape index (κ3) is 4.79. The molecule has 0 aromatic heterocycles. The summed E-state index contributed by atoms with van der Waals surface area (Å²) in [6.07, 6.45) is 2.70. The van der Waals surface area contributed by atoms with Gasteiger partial charge >= 0.3 is 0 Å². The van der Waals surface area contributed by atoms with Crippen molar-refractivity contribution >= 4 is 41.7 Å². The number of halogens is 3. The van der Waals surface area contributed by atoms with E-state index in [0.29, 0.717) is 5.02 Å². The fourth-order valence-corrected chi connectivity index (χ4v) is 3.70. The van der Waals surface area contributed by atoms with Gasteiger partial charge in [0.1, 0.15) is 17.7 Å². The SMILES string of the molecule is COC1(Nc2ccc(Cl)cc2F)N=CNc2cc(OC3CCN(C)C3)ccc21.Cl.O. The number of fused-ring (bicyclic) bond motifs is 1. The lowest BCUT2D eigenvalue weighted by molar-refractivity contribution is 0.0188. The molecule has 30 heavy (non-hydrogen) atoms. The highest BCUT2D eigenvalue weighted by Gasteiger charge is 2.37. The fraction of sp³-hybridized carbons (Fsp3) is 0.350. The highest BCUT2D eigenvalue weighted by molar-refractivity contribution is 6.30. The number of hydrogen-bond donors (Lipinski definition) is 2. The summed E-state index contributed by atoms with van der Waals surface area (Å²) in [6.45, 7) is 1.94. The molecule has 2 aliphatic heterocycles. The molecule has 4 N–H and O–H groups in total. The summed E-state index contributed by atoms with van der Waals surface area (Å²) in [5.74, 6) is -0.976. The Morgan fingerprint density at radius 3 is 2.77 bits per heavy atom. The molecule has 2 atom stereocenters. The van der Waals surface area contributed by atoms with Crippen LogP contribution in [0.3, 0.4) is 0 Å². The molecule has 0 radical (unpaired) electrons. The van der Waals surface area contributed by atoms with Gasteiger partial charge in [0.15, 0.2) is 0 Å². The Balaban J connectivity index is 0.00000160. The quantitative estimate of drug-likeness (QED) is 0.669. The van der Waals surface area contributed by atoms with Crippen LogP contribution in [0.25, 0.3) is 0 Å². The topological polar surface area (TPSA) is 89.6 Å². The van der Waals surface area contributed by atoms with Crippen molar-refractivity contribution in [1.29, 1.82) is 0 Å². The van der Waals surface area contributed by atoms with E-state index in [-0.39, 0.29) is 29.7 Å². The summed E-state index contributed by atoms with van der Waals surface area (Å²) in [5.41, 5.74) is 1.75. The normalized spacial score (nSPS) is 22.3. The first-order chi connectivity index (χ1) is 13.5. The van der Waals surface area contributed by atoms with Crippen molar-refractivity contribution in [1.82, 2.24) is 4.90 Å². The van der Waals surface area contributed by atoms with Crippen LogP contribution in [0.5, 0.6) is 5.75 Å². The Labute approximate surface area is 185 Å². The highest BCUT2D eigenvalue weighted by Crippen LogP contribution is 2.39. The van der Waals surface area contributed by atoms with Crippen molar-refractivity contribution in [3.63, 3.8) is 0 Å². The molecule has 7 nitrogen and oxygen atoms in total. The number of anilines is 2. The summed E-state index contributed by atoms with van der Waals surface area (Å²) >= 11 is 5.85. The van der Waals surface area contributed by atoms with E-state index in [1.165, 1.54) is 19.5 Å². The number of likely N-dealkylation sites (N-methyl/N-ethyl adjacent to an activating group) is 1. The Morgan fingerprint density at radius 2 is 2.10 bits per heavy atom. The summed E-state index contributed by atoms with van der Waals surface area (Å²) < 4.78 is 26.1. The maximum atomic E-state index is 14.3. The summed E-state index contributed by atoms with van der Waals surface area (Å²) in [5, 5.41) is 6.49. The van der Waals surface area contributed by atoms with Crippen molar-refractivity contribution in [3.05, 3.63) is 52.8 Å². The van der Waals surface area contributed by atoms with Crippen molar-refractivity contribution in [2.75, 3.05) is 37.9 Å². The number of nitrogens with one attached hydrogen (secondary N) is 2. The number of methoxy groups -OCH3 is 1. The molecule has 0 aliphatic carbocycles. The number of rotatable bonds is 5. The van der Waals surface area contributed by atoms with Crippen LogP contribution in [0.15, 0.2) is 41.4 Å². The van der Waals surface area contributed by atoms with E-state index in [1.807, 2.05) is 18.2 Å². The summed E-state index contributed by atoms with van der Waals surface area (Å²) in [6, 6.07) is 10.1. The predicted octanol–water partition coefficient (Wildman–Crippen LogP) is 3.48. The van der Waals surface area contributed by atoms with Gasteiger partial charge in [0.2, 0.25) is 0 Å². The van der Waals surface area contributed by atoms with Gasteiger partial charge in [-0.15, -0.1) is 12.4 Å². The molecular weight excluding hydrogens is 434 g/mol. The molecule has 0 spiro atoms. The molecule has 2 unspecified atom stereocenters. The van der Waals surface area contributed by atoms with Gasteiger partial charge in [-0.2, -0.15) is 0 Å². The second-order valence-electron chi connectivity index (χ2n) is 7.00. The molecule has 10 heteroatoms. The number of aliphatic imine (C=N–C) groups is 1. The molecule has 164 valence electrons. The molecule has 4 rings (SSSR count). The van der Waals surface area contributed by atoms with Gasteiger partial charge in [0.25, 0.3) is 5.85 Å². The molecule has 1 saturated heterocycles. The second kappa shape index (κ2) is 9.80. The van der Waals surface area contributed by atoms with E-state index in [4.69, 9.17) is 21.1 Å². The smallest absolute Gasteiger partial charge is 0.267 e. The largest absolute Gasteiger partial charge is 0.489 e. The van der Waals surface area contributed by atoms with Crippen LogP contribution in [-0.4, -0.2) is 50.1 Å². The molecule has 0 bridgehead atoms. The lowest BCUT2D eigenvalue weighted by Crippen LogP contribution is -2.39. The van der Waals surface area contributed by atoms with Crippen molar-refractivity contribution < 1.29 is 19.3 Å². The Morgan fingerprint density at radius 1 is 1.30 bits per heavy atom. The van der Waals surface area contributed by atoms with Crippen molar-refractivity contribution in [2.24, 2.45) is 4.99 Å². The molecule has 2 aromatic carbocycles. The number of benzene rings is 2. The number of nitrogens with zero attached hydrogens (tertiary/aromatic N) is 2. The van der Waals surface area contributed by atoms with Gasteiger partial charge in [-0.1, -0.05) is 11.6 Å². The third-order valence-electron chi connectivity index (χ3n) is 5.00. The lowest BCUT2D eigenvalue weighted by atomic mass is 10.0. The van der Waals surface area contributed by atoms with Gasteiger partial charge < -0.3 is 30.5 Å². The van der Waals surface area contributed by atoms with Crippen LogP contribution >= 0.6 is 24.0 Å². The number of ether oxygens (including phenoxy) is 2. The first-order valence-electron chi connectivity index (χ1n) is 9.07. The van der Waals surface area contributed by atoms with Crippen molar-refractivity contribution in [3.8, 4) is 5.75 Å². The first-order valence-corrected chi connectivity index (χ1v) is 9.45. The van der Waals surface area contributed by atoms with Crippen LogP contribution in [0.2, 0.25) is 5.02 Å². The summed E-state index contributed by atoms with van der Waals surface area (Å²) in [7, 11) is 3.61. The number of likely N-dealkylation sites (tertiary alicyclic amines) is 1. The van der Waals surface area contributed by atoms with Gasteiger partial charge in [-0.05, 0) is 43.8 Å². The minimum atomic E-state index is -1.26. The zero-order chi connectivity index (χ0) is 19.7. The maximum absolute atomic E-state index is 14.3. The van der Waals surface area contributed by atoms with E-state index in [1.54, 1.807) is 12.1 Å². The summed E-state index contributed by atoms with van der Waals surface area (Å²) in [4.78, 5) is 6.65. The Hall–Kier alpha value is -2.10. The minimum absolute atomic E-state index is 0. The lowest BCUT2D eigenvalue weighted by Gasteiger charge is -2.34. The second-order valence-corrected chi connectivity index (χ2v) is 7.43. The maximum Gasteiger partial charge on any atom is 0.267 e. The van der Waals surface area contributed by atoms with Crippen LogP contribution in [0, 0.1) is 5.82 Å². The molecule has 2 heterocycles. The van der Waals surface area contributed by atoms with Crippen LogP contribution in [0.1, 0.15) is 12.0 Å². The predicted molar refractivity (Wildman–Crippen MR) is 120 cm³/mol. The van der Waals surface area contributed by atoms with E-state index in [9.17, 15) is 4.39 Å². The molecule has 0 saturated carbocycles. The molecule has 2 aliphatic rings. The Bertz CT molecular complexity index is 918. The van der Waals surface area contributed by atoms with Crippen LogP contribution < -0.4 is 15.4 Å². The average Bonchev–Trinajstić information content (AvgIpc) is 3.08. The first kappa shape index (κ1) is 24.2. The molecular formula is C20H25Cl2FN4O3. The number of hydrogen-bond acceptors (Lipinski definition) is 6. The van der Waals surface area contributed by atoms with Gasteiger partial charge in [-0.3, -0.25) is 0 Å². The van der Waals surface area contributed by atoms with Gasteiger partial charge in [0.05, 0.1) is 23.3 Å². The molecule has 0 amide bonds. The van der Waals surface area contributed by atoms with Crippen LogP contribution in [-0.2, 0) is 10.6 Å². The highest BCUT2D eigenvalue weighted by atomic mass is 35.5. The zero-order valence-electron chi connectivity index (χ0n) is 16.6. The van der Waals surface area contributed by atoms with E-state index in [2.05, 4.69) is 27.6 Å². The van der Waals surface area contributed by atoms with E-state index < -0.39 is 11.7 Å². The standard InChI is InChI=1S/C20H22ClFN4O2.ClH.H2O/c1-26-8-7-15(11-26)28-14-4-5-16-19(10-14)23-12-24-20(16,27-2)25-18-6-3-13(21)9-17(18)22;;/h3-6,9-10,12,15,25H,7-8,11H2,1-2H3,(H,23,24);1H;1H2. The van der Waals surface area contributed by atoms with E-state index in [0.717, 1.165) is 36.5 Å². The monoisotopic (exact) mass is 458 g/mol. The van der Waals surface area contributed by atoms with Gasteiger partial charge in [0, 0.05) is 31.3 Å².